The second kappa shape index (κ2) is 5.75. The van der Waals surface area contributed by atoms with Gasteiger partial charge < -0.3 is 9.84 Å². The monoisotopic (exact) mass is 272 g/mol. The van der Waals surface area contributed by atoms with Crippen molar-refractivity contribution in [2.75, 3.05) is 6.61 Å². The van der Waals surface area contributed by atoms with Crippen molar-refractivity contribution in [3.63, 3.8) is 0 Å². The lowest BCUT2D eigenvalue weighted by Gasteiger charge is -2.07. The third-order valence-electron chi connectivity index (χ3n) is 1.98. The van der Waals surface area contributed by atoms with E-state index in [1.807, 2.05) is 18.2 Å². The van der Waals surface area contributed by atoms with Crippen molar-refractivity contribution in [2.45, 2.75) is 19.8 Å². The molecule has 0 aliphatic carbocycles. The highest BCUT2D eigenvalue weighted by molar-refractivity contribution is 9.10. The fourth-order valence-electron chi connectivity index (χ4n) is 1.13. The van der Waals surface area contributed by atoms with Crippen molar-refractivity contribution in [1.82, 2.24) is 0 Å². The number of hydrogen-bond donors (Lipinski definition) is 1. The Hall–Kier alpha value is -1.03. The Labute approximate surface area is 97.2 Å². The molecule has 0 radical (unpaired) electrons. The van der Waals surface area contributed by atoms with Gasteiger partial charge in [-0.25, -0.2) is 0 Å². The molecule has 0 amide bonds. The van der Waals surface area contributed by atoms with Gasteiger partial charge in [-0.2, -0.15) is 0 Å². The van der Waals surface area contributed by atoms with E-state index in [1.54, 1.807) is 0 Å². The normalized spacial score (nSPS) is 10.0. The van der Waals surface area contributed by atoms with Crippen molar-refractivity contribution in [2.24, 2.45) is 0 Å². The molecule has 1 aromatic rings. The molecular formula is C11H13BrO3. The summed E-state index contributed by atoms with van der Waals surface area (Å²) in [4.78, 5) is 10.3. The number of carboxylic acid groups (broad SMARTS) is 1. The van der Waals surface area contributed by atoms with Crippen LogP contribution in [-0.4, -0.2) is 17.7 Å². The predicted molar refractivity (Wildman–Crippen MR) is 61.3 cm³/mol. The summed E-state index contributed by atoms with van der Waals surface area (Å²) in [5, 5.41) is 8.45. The molecule has 0 heterocycles. The average Bonchev–Trinajstić information content (AvgIpc) is 2.20. The van der Waals surface area contributed by atoms with E-state index in [4.69, 9.17) is 9.84 Å². The van der Waals surface area contributed by atoms with Crippen LogP contribution in [0, 0.1) is 0 Å². The number of benzene rings is 1. The zero-order chi connectivity index (χ0) is 11.3. The van der Waals surface area contributed by atoms with E-state index in [9.17, 15) is 4.79 Å². The smallest absolute Gasteiger partial charge is 0.306 e. The van der Waals surface area contributed by atoms with E-state index in [0.29, 0.717) is 5.75 Å². The number of halogens is 1. The minimum atomic E-state index is -0.851. The Morgan fingerprint density at radius 3 is 2.80 bits per heavy atom. The van der Waals surface area contributed by atoms with Gasteiger partial charge in [0.1, 0.15) is 5.75 Å². The Morgan fingerprint density at radius 1 is 1.53 bits per heavy atom. The summed E-state index contributed by atoms with van der Waals surface area (Å²) < 4.78 is 6.19. The summed E-state index contributed by atoms with van der Waals surface area (Å²) in [5.41, 5.74) is 1.22. The van der Waals surface area contributed by atoms with Gasteiger partial charge in [0.25, 0.3) is 0 Å². The van der Waals surface area contributed by atoms with Crippen LogP contribution in [0.1, 0.15) is 18.9 Å². The van der Waals surface area contributed by atoms with Gasteiger partial charge in [-0.05, 0) is 40.0 Å². The van der Waals surface area contributed by atoms with Gasteiger partial charge >= 0.3 is 5.97 Å². The van der Waals surface area contributed by atoms with Gasteiger partial charge in [0, 0.05) is 0 Å². The first-order valence-corrected chi connectivity index (χ1v) is 5.55. The Bertz CT molecular complexity index is 350. The molecule has 0 aliphatic rings. The molecule has 0 atom stereocenters. The van der Waals surface area contributed by atoms with E-state index in [2.05, 4.69) is 22.9 Å². The number of carbonyl (C=O) groups is 1. The first kappa shape index (κ1) is 12.0. The standard InChI is InChI=1S/C11H13BrO3/c1-2-8-3-4-10(9(12)7-8)15-6-5-11(13)14/h3-4,7H,2,5-6H2,1H3,(H,13,14). The summed E-state index contributed by atoms with van der Waals surface area (Å²) in [6, 6.07) is 5.81. The molecule has 0 unspecified atom stereocenters. The highest BCUT2D eigenvalue weighted by Gasteiger charge is 2.03. The SMILES string of the molecule is CCc1ccc(OCCC(=O)O)c(Br)c1. The van der Waals surface area contributed by atoms with E-state index in [1.165, 1.54) is 5.56 Å². The van der Waals surface area contributed by atoms with Gasteiger partial charge in [-0.15, -0.1) is 0 Å². The van der Waals surface area contributed by atoms with E-state index in [0.717, 1.165) is 10.9 Å². The van der Waals surface area contributed by atoms with Gasteiger partial charge in [-0.3, -0.25) is 4.79 Å². The number of aliphatic carboxylic acids is 1. The Morgan fingerprint density at radius 2 is 2.27 bits per heavy atom. The number of aryl methyl sites for hydroxylation is 1. The summed E-state index contributed by atoms with van der Waals surface area (Å²) in [5.74, 6) is -0.162. The number of hydrogen-bond acceptors (Lipinski definition) is 2. The molecule has 0 aliphatic heterocycles. The van der Waals surface area contributed by atoms with Crippen molar-refractivity contribution < 1.29 is 14.6 Å². The molecule has 15 heavy (non-hydrogen) atoms. The topological polar surface area (TPSA) is 46.5 Å². The summed E-state index contributed by atoms with van der Waals surface area (Å²) in [6.45, 7) is 2.27. The zero-order valence-corrected chi connectivity index (χ0v) is 10.1. The second-order valence-electron chi connectivity index (χ2n) is 3.11. The maximum Gasteiger partial charge on any atom is 0.306 e. The van der Waals surface area contributed by atoms with Crippen molar-refractivity contribution >= 4 is 21.9 Å². The maximum absolute atomic E-state index is 10.3. The summed E-state index contributed by atoms with van der Waals surface area (Å²) >= 11 is 3.38. The van der Waals surface area contributed by atoms with Crippen LogP contribution >= 0.6 is 15.9 Å². The maximum atomic E-state index is 10.3. The molecule has 4 heteroatoms. The third kappa shape index (κ3) is 3.91. The number of ether oxygens (including phenoxy) is 1. The minimum absolute atomic E-state index is 0.0158. The van der Waals surface area contributed by atoms with E-state index >= 15 is 0 Å². The van der Waals surface area contributed by atoms with E-state index in [-0.39, 0.29) is 13.0 Å². The lowest BCUT2D eigenvalue weighted by molar-refractivity contribution is -0.137. The molecule has 1 N–H and O–H groups in total. The highest BCUT2D eigenvalue weighted by atomic mass is 79.9. The lowest BCUT2D eigenvalue weighted by Crippen LogP contribution is -2.05. The van der Waals surface area contributed by atoms with Crippen LogP contribution in [0.15, 0.2) is 22.7 Å². The average molecular weight is 273 g/mol. The minimum Gasteiger partial charge on any atom is -0.492 e. The van der Waals surface area contributed by atoms with Gasteiger partial charge in [0.15, 0.2) is 0 Å². The zero-order valence-electron chi connectivity index (χ0n) is 8.50. The van der Waals surface area contributed by atoms with Crippen LogP contribution in [0.2, 0.25) is 0 Å². The summed E-state index contributed by atoms with van der Waals surface area (Å²) in [7, 11) is 0. The van der Waals surface area contributed by atoms with Crippen LogP contribution in [0.5, 0.6) is 5.75 Å². The lowest BCUT2D eigenvalue weighted by atomic mass is 10.2. The molecule has 0 spiro atoms. The van der Waals surface area contributed by atoms with Crippen molar-refractivity contribution in [3.05, 3.63) is 28.2 Å². The molecule has 0 bridgehead atoms. The molecular weight excluding hydrogens is 260 g/mol. The van der Waals surface area contributed by atoms with Crippen LogP contribution in [-0.2, 0) is 11.2 Å². The molecule has 1 rings (SSSR count). The fraction of sp³-hybridized carbons (Fsp3) is 0.364. The Kier molecular flexibility index (Phi) is 4.62. The van der Waals surface area contributed by atoms with Crippen molar-refractivity contribution in [1.29, 1.82) is 0 Å². The number of carboxylic acids is 1. The molecule has 0 aromatic heterocycles. The Balaban J connectivity index is 2.58. The molecule has 0 saturated carbocycles. The second-order valence-corrected chi connectivity index (χ2v) is 3.96. The molecule has 3 nitrogen and oxygen atoms in total. The van der Waals surface area contributed by atoms with Crippen LogP contribution < -0.4 is 4.74 Å². The first-order chi connectivity index (χ1) is 7.13. The van der Waals surface area contributed by atoms with Crippen LogP contribution in [0.3, 0.4) is 0 Å². The highest BCUT2D eigenvalue weighted by Crippen LogP contribution is 2.26. The predicted octanol–water partition coefficient (Wildman–Crippen LogP) is 2.87. The molecule has 1 aromatic carbocycles. The largest absolute Gasteiger partial charge is 0.492 e. The van der Waals surface area contributed by atoms with E-state index < -0.39 is 5.97 Å². The quantitative estimate of drug-likeness (QED) is 0.897. The fourth-order valence-corrected chi connectivity index (χ4v) is 1.67. The third-order valence-corrected chi connectivity index (χ3v) is 2.60. The molecule has 0 saturated heterocycles. The number of rotatable bonds is 5. The molecule has 82 valence electrons. The van der Waals surface area contributed by atoms with Gasteiger partial charge in [-0.1, -0.05) is 13.0 Å². The van der Waals surface area contributed by atoms with Crippen LogP contribution in [0.25, 0.3) is 0 Å². The van der Waals surface area contributed by atoms with Gasteiger partial charge in [0.2, 0.25) is 0 Å². The van der Waals surface area contributed by atoms with Gasteiger partial charge in [0.05, 0.1) is 17.5 Å². The summed E-state index contributed by atoms with van der Waals surface area (Å²) in [6.07, 6.45) is 0.982. The van der Waals surface area contributed by atoms with Crippen molar-refractivity contribution in [3.8, 4) is 5.75 Å². The first-order valence-electron chi connectivity index (χ1n) is 4.76. The van der Waals surface area contributed by atoms with Crippen LogP contribution in [0.4, 0.5) is 0 Å². The molecule has 0 fully saturated rings.